The van der Waals surface area contributed by atoms with E-state index in [9.17, 15) is 24.3 Å². The second kappa shape index (κ2) is 19.5. The van der Waals surface area contributed by atoms with Crippen molar-refractivity contribution in [3.8, 4) is 6.07 Å². The highest BCUT2D eigenvalue weighted by Gasteiger charge is 2.54. The number of nitrogens with one attached hydrogen (secondary N) is 3. The molecule has 1 aromatic carbocycles. The van der Waals surface area contributed by atoms with Crippen LogP contribution in [0.4, 0.5) is 16.2 Å². The lowest BCUT2D eigenvalue weighted by Gasteiger charge is -2.46. The summed E-state index contributed by atoms with van der Waals surface area (Å²) >= 11 is 6.01. The van der Waals surface area contributed by atoms with E-state index in [1.807, 2.05) is 39.4 Å². The van der Waals surface area contributed by atoms with Crippen LogP contribution in [-0.4, -0.2) is 132 Å². The fourth-order valence-electron chi connectivity index (χ4n) is 6.56. The second-order valence-electron chi connectivity index (χ2n) is 15.9. The molecule has 2 aliphatic heterocycles. The molecule has 352 valence electrons. The number of rotatable bonds is 12. The largest absolute Gasteiger partial charge is 0.472 e. The number of amides is 1. The summed E-state index contributed by atoms with van der Waals surface area (Å²) in [7, 11) is -4.65. The van der Waals surface area contributed by atoms with Crippen LogP contribution in [0.15, 0.2) is 54.1 Å². The first-order valence-corrected chi connectivity index (χ1v) is 26.2. The van der Waals surface area contributed by atoms with Crippen LogP contribution in [0, 0.1) is 11.3 Å². The van der Waals surface area contributed by atoms with Crippen molar-refractivity contribution in [3.05, 3.63) is 65.2 Å². The van der Waals surface area contributed by atoms with Crippen molar-refractivity contribution < 1.29 is 54.9 Å². The van der Waals surface area contributed by atoms with E-state index in [4.69, 9.17) is 48.1 Å². The first-order chi connectivity index (χ1) is 30.8. The Bertz CT molecular complexity index is 2720. The van der Waals surface area contributed by atoms with Crippen LogP contribution >= 0.6 is 24.9 Å². The molecule has 4 N–H and O–H groups in total. The van der Waals surface area contributed by atoms with Gasteiger partial charge in [0.2, 0.25) is 12.2 Å². The van der Waals surface area contributed by atoms with Crippen molar-refractivity contribution in [1.29, 1.82) is 5.26 Å². The molecule has 6 heterocycles. The zero-order valence-corrected chi connectivity index (χ0v) is 39.5. The van der Waals surface area contributed by atoms with Crippen LogP contribution in [0.25, 0.3) is 22.3 Å². The Morgan fingerprint density at radius 1 is 1.12 bits per heavy atom. The maximum Gasteiger partial charge on any atom is 0.472 e. The number of nitrogens with zero attached hydrogens (tertiary/aromatic N) is 8. The summed E-state index contributed by atoms with van der Waals surface area (Å²) in [4.78, 5) is 61.4. The number of aromatic nitrogens is 8. The molecule has 0 radical (unpaired) electrons. The lowest BCUT2D eigenvalue weighted by molar-refractivity contribution is -0.0949. The molecule has 28 heteroatoms. The minimum atomic E-state index is -5.31. The summed E-state index contributed by atoms with van der Waals surface area (Å²) in [5, 5.41) is 14.9. The molecule has 0 saturated carbocycles. The Morgan fingerprint density at radius 2 is 1.86 bits per heavy atom. The molecule has 7 rings (SSSR count). The Balaban J connectivity index is 1.29. The van der Waals surface area contributed by atoms with Gasteiger partial charge in [0.15, 0.2) is 34.4 Å². The van der Waals surface area contributed by atoms with Crippen molar-refractivity contribution in [2.24, 2.45) is 0 Å². The highest BCUT2D eigenvalue weighted by molar-refractivity contribution is 8.29. The molecular formula is C37H48FN11O12P2S2. The number of phosphoric ester groups is 1. The van der Waals surface area contributed by atoms with Crippen LogP contribution < -0.4 is 16.2 Å². The number of ether oxygens (including phenoxy) is 2. The zero-order chi connectivity index (χ0) is 46.9. The number of carbonyl (C=O) groups is 1. The predicted molar refractivity (Wildman–Crippen MR) is 238 cm³/mol. The van der Waals surface area contributed by atoms with Gasteiger partial charge in [0.25, 0.3) is 11.5 Å². The third-order valence-electron chi connectivity index (χ3n) is 10.7. The molecule has 9 atom stereocenters. The number of fused-ring (bicyclic) bond motifs is 4. The lowest BCUT2D eigenvalue weighted by atomic mass is 10.1. The summed E-state index contributed by atoms with van der Waals surface area (Å²) in [5.74, 6) is -0.456. The van der Waals surface area contributed by atoms with Crippen molar-refractivity contribution in [2.45, 2.75) is 75.0 Å². The molecule has 2 bridgehead atoms. The number of nitriles is 1. The van der Waals surface area contributed by atoms with Gasteiger partial charge in [-0.3, -0.25) is 37.3 Å². The maximum atomic E-state index is 17.2. The van der Waals surface area contributed by atoms with Gasteiger partial charge in [-0.05, 0) is 36.5 Å². The number of H-pyrrole nitrogens is 1. The van der Waals surface area contributed by atoms with Gasteiger partial charge in [-0.25, -0.2) is 28.9 Å². The smallest absolute Gasteiger partial charge is 0.376 e. The zero-order valence-electron chi connectivity index (χ0n) is 36.1. The number of carbonyl (C=O) groups excluding carboxylic acids is 1. The van der Waals surface area contributed by atoms with Crippen LogP contribution in [0.3, 0.4) is 0 Å². The summed E-state index contributed by atoms with van der Waals surface area (Å²) in [5.41, 5.74) is -0.379. The summed E-state index contributed by atoms with van der Waals surface area (Å²) in [6, 6.07) is 10.3. The number of halogens is 1. The quantitative estimate of drug-likeness (QED) is 0.0958. The first kappa shape index (κ1) is 48.6. The molecular weight excluding hydrogens is 936 g/mol. The molecule has 2 aliphatic rings. The fourth-order valence-corrected chi connectivity index (χ4v) is 10.6. The summed E-state index contributed by atoms with van der Waals surface area (Å²) in [6.45, 7) is 0.145. The molecule has 4 aromatic heterocycles. The summed E-state index contributed by atoms with van der Waals surface area (Å²) < 4.78 is 82.5. The third kappa shape index (κ3) is 10.5. The highest BCUT2D eigenvalue weighted by Crippen LogP contribution is 2.60. The maximum absolute atomic E-state index is 17.2. The van der Waals surface area contributed by atoms with Gasteiger partial charge in [-0.2, -0.15) is 10.2 Å². The Morgan fingerprint density at radius 3 is 2.55 bits per heavy atom. The van der Waals surface area contributed by atoms with Crippen LogP contribution in [-0.2, 0) is 52.6 Å². The standard InChI is InChI=1S/C37H48FN11O12P2S2/c1-37(2,3)65(6,7)61-26-23-17-56-62(52,53)59-27(29(38)48-19-43-24-30(41-18-42-31(24)48)45-33(50)21-12-9-8-10-13-21)22(54-5)16-57-63(64,55-15-11-14-39)60-28(26)35(58-23)49-20-44-25-32(49)46-36(40-4)47-34(25)51/h8-10,12-13,18-20,22-23,26-29,35H,11,15-17H2,1-7H3,(H,52,53)(H2,40,46,47,51)(H,41,42,45,50)/t22?,23?,26-,27-,28-,29+,35?,63?/m1/s1. The molecule has 2 fully saturated rings. The van der Waals surface area contributed by atoms with Gasteiger partial charge in [-0.15, -0.1) is 10.3 Å². The molecule has 23 nitrogen and oxygen atoms in total. The Kier molecular flexibility index (Phi) is 14.6. The molecule has 5 unspecified atom stereocenters. The van der Waals surface area contributed by atoms with E-state index in [0.29, 0.717) is 5.56 Å². The molecule has 0 spiro atoms. The minimum Gasteiger partial charge on any atom is -0.376 e. The Hall–Kier alpha value is -4.32. The molecule has 5 aromatic rings. The first-order valence-electron chi connectivity index (χ1n) is 19.8. The molecule has 1 amide bonds. The van der Waals surface area contributed by atoms with Gasteiger partial charge in [-0.1, -0.05) is 39.0 Å². The van der Waals surface area contributed by atoms with E-state index in [-0.39, 0.29) is 47.1 Å². The van der Waals surface area contributed by atoms with E-state index in [1.165, 1.54) is 18.0 Å². The second-order valence-corrected chi connectivity index (χ2v) is 24.1. The van der Waals surface area contributed by atoms with Crippen molar-refractivity contribution in [1.82, 2.24) is 39.0 Å². The van der Waals surface area contributed by atoms with Gasteiger partial charge in [0.1, 0.15) is 36.8 Å². The molecule has 0 aliphatic carbocycles. The number of anilines is 2. The predicted octanol–water partition coefficient (Wildman–Crippen LogP) is 4.87. The lowest BCUT2D eigenvalue weighted by Crippen LogP contribution is -2.41. The number of imidazole rings is 2. The monoisotopic (exact) mass is 983 g/mol. The number of aromatic amines is 1. The minimum absolute atomic E-state index is 0.0192. The van der Waals surface area contributed by atoms with E-state index in [1.54, 1.807) is 37.4 Å². The number of hydrogen-bond acceptors (Lipinski definition) is 19. The van der Waals surface area contributed by atoms with Crippen LogP contribution in [0.5, 0.6) is 0 Å². The van der Waals surface area contributed by atoms with Crippen LogP contribution in [0.1, 0.15) is 50.1 Å². The highest BCUT2D eigenvalue weighted by atomic mass is 32.5. The van der Waals surface area contributed by atoms with E-state index in [2.05, 4.69) is 40.5 Å². The van der Waals surface area contributed by atoms with E-state index >= 15 is 4.39 Å². The number of benzene rings is 1. The Labute approximate surface area is 378 Å². The summed E-state index contributed by atoms with van der Waals surface area (Å²) in [6.07, 6.45) is -3.92. The van der Waals surface area contributed by atoms with Crippen molar-refractivity contribution in [2.75, 3.05) is 57.1 Å². The SMILES string of the molecule is CNc1nc2c(ncn2C2OC3COP(=O)(O)O[C@@H]([C@@H](F)n4cnc5c(NC(=O)c6ccccc6)ncnc54)C(OC)COP(=S)(OCCC#N)O[C@@H]2[C@@H]3OS(C)(C)C(C)(C)C)c(=O)[nH]1. The van der Waals surface area contributed by atoms with Gasteiger partial charge in [0.05, 0.1) is 45.0 Å². The van der Waals surface area contributed by atoms with E-state index in [0.717, 1.165) is 17.2 Å². The topological polar surface area (TPSA) is 283 Å². The molecule has 65 heavy (non-hydrogen) atoms. The number of hydrogen-bond donors (Lipinski definition) is 4. The number of phosphoric acid groups is 1. The van der Waals surface area contributed by atoms with Gasteiger partial charge >= 0.3 is 14.5 Å². The van der Waals surface area contributed by atoms with Gasteiger partial charge < -0.3 is 38.2 Å². The fraction of sp³-hybridized carbons (Fsp3) is 0.514. The molecule has 2 saturated heterocycles. The normalized spacial score (nSPS) is 27.6. The number of alkyl halides is 1. The van der Waals surface area contributed by atoms with Crippen LogP contribution in [0.2, 0.25) is 0 Å². The number of methoxy groups -OCH3 is 1. The average molecular weight is 984 g/mol. The van der Waals surface area contributed by atoms with Crippen molar-refractivity contribution >= 4 is 76.7 Å². The van der Waals surface area contributed by atoms with E-state index < -0.39 is 97.3 Å². The average Bonchev–Trinajstić information content (AvgIpc) is 3.98. The van der Waals surface area contributed by atoms with Gasteiger partial charge in [0, 0.05) is 24.5 Å². The third-order valence-corrected chi connectivity index (χ3v) is 17.7. The van der Waals surface area contributed by atoms with Crippen molar-refractivity contribution in [3.63, 3.8) is 0 Å².